The highest BCUT2D eigenvalue weighted by Gasteiger charge is 2.17. The molecule has 0 unspecified atom stereocenters. The average Bonchev–Trinajstić information content (AvgIpc) is 3.01. The first-order valence-corrected chi connectivity index (χ1v) is 10.3. The molecule has 2 aromatic rings. The first-order chi connectivity index (χ1) is 13.8. The second-order valence-corrected chi connectivity index (χ2v) is 7.16. The molecule has 0 aliphatic heterocycles. The molecule has 0 atom stereocenters. The number of hydrogen-bond donors (Lipinski definition) is 1. The predicted molar refractivity (Wildman–Crippen MR) is 115 cm³/mol. The van der Waals surface area contributed by atoms with Crippen molar-refractivity contribution in [3.8, 4) is 6.07 Å². The average molecular weight is 397 g/mol. The van der Waals surface area contributed by atoms with Gasteiger partial charge < -0.3 is 9.67 Å². The van der Waals surface area contributed by atoms with Gasteiger partial charge in [0, 0.05) is 24.7 Å². The summed E-state index contributed by atoms with van der Waals surface area (Å²) < 4.78 is 1.95. The van der Waals surface area contributed by atoms with Gasteiger partial charge in [0.25, 0.3) is 0 Å². The quantitative estimate of drug-likeness (QED) is 0.452. The van der Waals surface area contributed by atoms with Crippen molar-refractivity contribution >= 4 is 11.8 Å². The Kier molecular flexibility index (Phi) is 10.5. The lowest BCUT2D eigenvalue weighted by Crippen LogP contribution is -2.10. The van der Waals surface area contributed by atoms with E-state index >= 15 is 0 Å². The molecule has 0 aliphatic carbocycles. The van der Waals surface area contributed by atoms with Crippen molar-refractivity contribution in [3.05, 3.63) is 58.4 Å². The molecule has 0 bridgehead atoms. The van der Waals surface area contributed by atoms with Crippen LogP contribution in [0, 0.1) is 18.3 Å². The van der Waals surface area contributed by atoms with Crippen LogP contribution in [-0.2, 0) is 18.3 Å². The summed E-state index contributed by atoms with van der Waals surface area (Å²) in [6.45, 7) is 6.18. The van der Waals surface area contributed by atoms with Gasteiger partial charge in [0.05, 0.1) is 17.3 Å². The van der Waals surface area contributed by atoms with Crippen LogP contribution in [-0.4, -0.2) is 21.4 Å². The summed E-state index contributed by atoms with van der Waals surface area (Å²) in [7, 11) is 1.92. The van der Waals surface area contributed by atoms with E-state index in [1.165, 1.54) is 19.3 Å². The van der Waals surface area contributed by atoms with E-state index in [-0.39, 0.29) is 5.78 Å². The van der Waals surface area contributed by atoms with E-state index in [0.29, 0.717) is 17.5 Å². The van der Waals surface area contributed by atoms with Gasteiger partial charge in [0.1, 0.15) is 0 Å². The van der Waals surface area contributed by atoms with Crippen molar-refractivity contribution in [3.63, 3.8) is 0 Å². The minimum Gasteiger partial charge on any atom is -0.481 e. The maximum atomic E-state index is 12.5. The maximum Gasteiger partial charge on any atom is 0.303 e. The lowest BCUT2D eigenvalue weighted by atomic mass is 10.0. The zero-order chi connectivity index (χ0) is 21.8. The van der Waals surface area contributed by atoms with Gasteiger partial charge in [-0.1, -0.05) is 39.5 Å². The molecule has 1 heterocycles. The van der Waals surface area contributed by atoms with Crippen molar-refractivity contribution in [1.29, 1.82) is 5.26 Å². The number of ketones is 1. The van der Waals surface area contributed by atoms with E-state index in [9.17, 15) is 9.59 Å². The molecular formula is C24H32N2O3. The molecule has 0 spiro atoms. The standard InChI is InChI=1S/C16H16N2O.C8H16O2/c1-4-14-9-11(2)15(18(14)3)16(19)13-7-5-12(10-17)6-8-13;1-2-3-4-5-6-7-8(9)10/h5-9H,4H2,1-3H3;2-7H2,1H3,(H,9,10). The maximum absolute atomic E-state index is 12.5. The van der Waals surface area contributed by atoms with Crippen LogP contribution in [0.1, 0.15) is 85.2 Å². The fourth-order valence-electron chi connectivity index (χ4n) is 3.21. The third-order valence-corrected chi connectivity index (χ3v) is 4.87. The van der Waals surface area contributed by atoms with Crippen LogP contribution < -0.4 is 0 Å². The number of unbranched alkanes of at least 4 members (excludes halogenated alkanes) is 4. The summed E-state index contributed by atoms with van der Waals surface area (Å²) in [5.41, 5.74) is 4.05. The van der Waals surface area contributed by atoms with Crippen molar-refractivity contribution in [2.75, 3.05) is 0 Å². The summed E-state index contributed by atoms with van der Waals surface area (Å²) in [6.07, 6.45) is 6.79. The minimum absolute atomic E-state index is 0.00388. The first kappa shape index (κ1) is 24.2. The molecule has 5 nitrogen and oxygen atoms in total. The summed E-state index contributed by atoms with van der Waals surface area (Å²) in [4.78, 5) is 22.5. The second-order valence-electron chi connectivity index (χ2n) is 7.16. The summed E-state index contributed by atoms with van der Waals surface area (Å²) in [5, 5.41) is 17.0. The molecule has 2 rings (SSSR count). The molecule has 0 radical (unpaired) electrons. The zero-order valence-electron chi connectivity index (χ0n) is 18.0. The molecule has 156 valence electrons. The number of hydrogen-bond acceptors (Lipinski definition) is 3. The summed E-state index contributed by atoms with van der Waals surface area (Å²) in [6, 6.07) is 10.9. The molecular weight excluding hydrogens is 364 g/mol. The number of carboxylic acid groups (broad SMARTS) is 1. The summed E-state index contributed by atoms with van der Waals surface area (Å²) in [5.74, 6) is -0.666. The minimum atomic E-state index is -0.670. The van der Waals surface area contributed by atoms with E-state index in [1.807, 2.05) is 18.5 Å². The Morgan fingerprint density at radius 2 is 1.69 bits per heavy atom. The number of aliphatic carboxylic acids is 1. The molecule has 0 amide bonds. The normalized spacial score (nSPS) is 10.0. The van der Waals surface area contributed by atoms with E-state index in [1.54, 1.807) is 24.3 Å². The lowest BCUT2D eigenvalue weighted by molar-refractivity contribution is -0.137. The van der Waals surface area contributed by atoms with E-state index in [2.05, 4.69) is 26.0 Å². The smallest absolute Gasteiger partial charge is 0.303 e. The molecule has 5 heteroatoms. The Balaban J connectivity index is 0.000000359. The molecule has 0 aliphatic rings. The largest absolute Gasteiger partial charge is 0.481 e. The lowest BCUT2D eigenvalue weighted by Gasteiger charge is -2.07. The summed E-state index contributed by atoms with van der Waals surface area (Å²) >= 11 is 0. The third kappa shape index (κ3) is 7.57. The van der Waals surface area contributed by atoms with Gasteiger partial charge >= 0.3 is 5.97 Å². The highest BCUT2D eigenvalue weighted by atomic mass is 16.4. The monoisotopic (exact) mass is 396 g/mol. The number of aromatic nitrogens is 1. The predicted octanol–water partition coefficient (Wildman–Crippen LogP) is 5.43. The third-order valence-electron chi connectivity index (χ3n) is 4.87. The van der Waals surface area contributed by atoms with Gasteiger partial charge in [-0.3, -0.25) is 9.59 Å². The highest BCUT2D eigenvalue weighted by Crippen LogP contribution is 2.19. The molecule has 0 fully saturated rings. The number of carboxylic acids is 1. The Hall–Kier alpha value is -2.87. The van der Waals surface area contributed by atoms with Crippen molar-refractivity contribution in [2.45, 2.75) is 65.7 Å². The second kappa shape index (κ2) is 12.6. The fraction of sp³-hybridized carbons (Fsp3) is 0.458. The zero-order valence-corrected chi connectivity index (χ0v) is 18.0. The Morgan fingerprint density at radius 3 is 2.17 bits per heavy atom. The molecule has 1 N–H and O–H groups in total. The van der Waals surface area contributed by atoms with E-state index < -0.39 is 5.97 Å². The van der Waals surface area contributed by atoms with Crippen molar-refractivity contribution in [1.82, 2.24) is 4.57 Å². The number of rotatable bonds is 9. The Labute approximate surface area is 174 Å². The Morgan fingerprint density at radius 1 is 1.07 bits per heavy atom. The topological polar surface area (TPSA) is 83.1 Å². The number of aryl methyl sites for hydroxylation is 2. The first-order valence-electron chi connectivity index (χ1n) is 10.3. The van der Waals surface area contributed by atoms with Crippen LogP contribution in [0.2, 0.25) is 0 Å². The number of nitrogens with zero attached hydrogens (tertiary/aromatic N) is 2. The van der Waals surface area contributed by atoms with Gasteiger partial charge in [-0.25, -0.2) is 0 Å². The van der Waals surface area contributed by atoms with Crippen LogP contribution in [0.4, 0.5) is 0 Å². The fourth-order valence-corrected chi connectivity index (χ4v) is 3.21. The van der Waals surface area contributed by atoms with E-state index in [0.717, 1.165) is 36.2 Å². The van der Waals surface area contributed by atoms with Gasteiger partial charge in [0.2, 0.25) is 5.78 Å². The van der Waals surface area contributed by atoms with Crippen LogP contribution in [0.3, 0.4) is 0 Å². The van der Waals surface area contributed by atoms with Gasteiger partial charge in [-0.2, -0.15) is 5.26 Å². The number of benzene rings is 1. The molecule has 29 heavy (non-hydrogen) atoms. The SMILES string of the molecule is CCCCCCCC(=O)O.CCc1cc(C)c(C(=O)c2ccc(C#N)cc2)n1C. The van der Waals surface area contributed by atoms with Crippen LogP contribution in [0.5, 0.6) is 0 Å². The molecule has 1 aromatic heterocycles. The number of nitriles is 1. The number of carbonyl (C=O) groups excluding carboxylic acids is 1. The van der Waals surface area contributed by atoms with Crippen molar-refractivity contribution in [2.24, 2.45) is 7.05 Å². The van der Waals surface area contributed by atoms with Crippen LogP contribution in [0.25, 0.3) is 0 Å². The van der Waals surface area contributed by atoms with E-state index in [4.69, 9.17) is 10.4 Å². The number of carbonyl (C=O) groups is 2. The molecule has 1 aromatic carbocycles. The van der Waals surface area contributed by atoms with Crippen LogP contribution in [0.15, 0.2) is 30.3 Å². The Bertz CT molecular complexity index is 842. The van der Waals surface area contributed by atoms with Gasteiger partial charge in [-0.15, -0.1) is 0 Å². The van der Waals surface area contributed by atoms with Gasteiger partial charge in [0.15, 0.2) is 0 Å². The molecule has 0 saturated carbocycles. The molecule has 0 saturated heterocycles. The highest BCUT2D eigenvalue weighted by molar-refractivity contribution is 6.09. The van der Waals surface area contributed by atoms with Gasteiger partial charge in [-0.05, 0) is 55.7 Å². The van der Waals surface area contributed by atoms with Crippen molar-refractivity contribution < 1.29 is 14.7 Å². The van der Waals surface area contributed by atoms with Crippen LogP contribution >= 0.6 is 0 Å².